The van der Waals surface area contributed by atoms with Crippen LogP contribution in [0.3, 0.4) is 0 Å². The molecule has 1 fully saturated rings. The lowest BCUT2D eigenvalue weighted by Gasteiger charge is -2.34. The second-order valence-electron chi connectivity index (χ2n) is 7.34. The summed E-state index contributed by atoms with van der Waals surface area (Å²) in [5.74, 6) is 0.230. The largest absolute Gasteiger partial charge is 0.482 e. The highest BCUT2D eigenvalue weighted by Gasteiger charge is 2.34. The molecule has 0 bridgehead atoms. The summed E-state index contributed by atoms with van der Waals surface area (Å²) in [6.07, 6.45) is 0.998. The number of fused-ring (bicyclic) bond motifs is 1. The van der Waals surface area contributed by atoms with Crippen LogP contribution in [0.1, 0.15) is 20.3 Å². The molecule has 8 nitrogen and oxygen atoms in total. The van der Waals surface area contributed by atoms with Crippen LogP contribution < -0.4 is 15.0 Å². The lowest BCUT2D eigenvalue weighted by Crippen LogP contribution is -2.45. The first-order valence-electron chi connectivity index (χ1n) is 9.00. The Morgan fingerprint density at radius 3 is 2.56 bits per heavy atom. The molecule has 0 saturated carbocycles. The molecule has 1 N–H and O–H groups in total. The number of sulfonamides is 1. The molecule has 1 saturated heterocycles. The molecule has 0 aliphatic carbocycles. The first-order valence-corrected chi connectivity index (χ1v) is 10.4. The summed E-state index contributed by atoms with van der Waals surface area (Å²) in [7, 11) is -2.22. The zero-order valence-corrected chi connectivity index (χ0v) is 16.6. The predicted molar refractivity (Wildman–Crippen MR) is 100 cm³/mol. The number of carbonyl (C=O) groups excluding carboxylic acids is 2. The van der Waals surface area contributed by atoms with E-state index in [9.17, 15) is 18.0 Å². The van der Waals surface area contributed by atoms with Crippen molar-refractivity contribution >= 4 is 27.5 Å². The number of rotatable bonds is 4. The van der Waals surface area contributed by atoms with Gasteiger partial charge in [-0.15, -0.1) is 0 Å². The molecule has 1 aromatic carbocycles. The number of benzene rings is 1. The van der Waals surface area contributed by atoms with Gasteiger partial charge in [0.05, 0.1) is 10.6 Å². The predicted octanol–water partition coefficient (Wildman–Crippen LogP) is 0.825. The average Bonchev–Trinajstić information content (AvgIpc) is 2.62. The standard InChI is InChI=1S/C18H25N3O5S/c1-12-6-13(2)9-20(8-12)27(24,25)14-4-5-16-15(7-14)21(10-17(22)19-3)18(23)11-26-16/h4-5,7,12-13H,6,8-11H2,1-3H3,(H,19,22)/t12-,13-/m1/s1. The molecule has 0 spiro atoms. The summed E-state index contributed by atoms with van der Waals surface area (Å²) in [6, 6.07) is 4.46. The minimum atomic E-state index is -3.70. The fourth-order valence-electron chi connectivity index (χ4n) is 3.69. The van der Waals surface area contributed by atoms with Gasteiger partial charge in [-0.2, -0.15) is 4.31 Å². The number of anilines is 1. The van der Waals surface area contributed by atoms with E-state index in [4.69, 9.17) is 4.74 Å². The quantitative estimate of drug-likeness (QED) is 0.814. The maximum Gasteiger partial charge on any atom is 0.265 e. The second-order valence-corrected chi connectivity index (χ2v) is 9.28. The third-order valence-corrected chi connectivity index (χ3v) is 6.75. The molecule has 0 aromatic heterocycles. The lowest BCUT2D eigenvalue weighted by atomic mass is 9.94. The Balaban J connectivity index is 1.96. The fourth-order valence-corrected chi connectivity index (χ4v) is 5.39. The van der Waals surface area contributed by atoms with Crippen molar-refractivity contribution in [1.82, 2.24) is 9.62 Å². The van der Waals surface area contributed by atoms with Crippen molar-refractivity contribution in [2.45, 2.75) is 25.2 Å². The third-order valence-electron chi connectivity index (χ3n) is 4.93. The van der Waals surface area contributed by atoms with E-state index in [-0.39, 0.29) is 41.7 Å². The van der Waals surface area contributed by atoms with Crippen molar-refractivity contribution in [3.8, 4) is 5.75 Å². The molecule has 3 rings (SSSR count). The smallest absolute Gasteiger partial charge is 0.265 e. The van der Waals surface area contributed by atoms with Crippen molar-refractivity contribution in [2.75, 3.05) is 38.2 Å². The molecule has 2 heterocycles. The highest BCUT2D eigenvalue weighted by atomic mass is 32.2. The van der Waals surface area contributed by atoms with Gasteiger partial charge in [0, 0.05) is 20.1 Å². The second kappa shape index (κ2) is 7.47. The third kappa shape index (κ3) is 3.93. The normalized spacial score (nSPS) is 23.5. The van der Waals surface area contributed by atoms with Gasteiger partial charge in [0.25, 0.3) is 5.91 Å². The zero-order valence-electron chi connectivity index (χ0n) is 15.8. The number of hydrogen-bond donors (Lipinski definition) is 1. The van der Waals surface area contributed by atoms with Gasteiger partial charge >= 0.3 is 0 Å². The molecular formula is C18H25N3O5S. The number of likely N-dealkylation sites (N-methyl/N-ethyl adjacent to an activating group) is 1. The van der Waals surface area contributed by atoms with E-state index in [1.165, 1.54) is 28.4 Å². The van der Waals surface area contributed by atoms with Crippen molar-refractivity contribution in [3.63, 3.8) is 0 Å². The van der Waals surface area contributed by atoms with Crippen LogP contribution >= 0.6 is 0 Å². The van der Waals surface area contributed by atoms with Gasteiger partial charge in [-0.25, -0.2) is 8.42 Å². The van der Waals surface area contributed by atoms with Crippen LogP contribution in [-0.2, 0) is 19.6 Å². The number of carbonyl (C=O) groups is 2. The highest BCUT2D eigenvalue weighted by molar-refractivity contribution is 7.89. The molecule has 0 unspecified atom stereocenters. The van der Waals surface area contributed by atoms with Crippen LogP contribution in [0, 0.1) is 11.8 Å². The van der Waals surface area contributed by atoms with Gasteiger partial charge in [-0.1, -0.05) is 13.8 Å². The molecule has 27 heavy (non-hydrogen) atoms. The molecule has 9 heteroatoms. The van der Waals surface area contributed by atoms with Crippen LogP contribution in [0.25, 0.3) is 0 Å². The minimum Gasteiger partial charge on any atom is -0.482 e. The van der Waals surface area contributed by atoms with E-state index in [1.807, 2.05) is 13.8 Å². The summed E-state index contributed by atoms with van der Waals surface area (Å²) < 4.78 is 33.2. The average molecular weight is 395 g/mol. The number of nitrogens with zero attached hydrogens (tertiary/aromatic N) is 2. The summed E-state index contributed by atoms with van der Waals surface area (Å²) in [5.41, 5.74) is 0.300. The zero-order chi connectivity index (χ0) is 19.8. The maximum atomic E-state index is 13.1. The topological polar surface area (TPSA) is 96.0 Å². The van der Waals surface area contributed by atoms with Crippen LogP contribution in [0.15, 0.2) is 23.1 Å². The van der Waals surface area contributed by atoms with Crippen LogP contribution in [0.4, 0.5) is 5.69 Å². The summed E-state index contributed by atoms with van der Waals surface area (Å²) >= 11 is 0. The van der Waals surface area contributed by atoms with E-state index >= 15 is 0 Å². The Hall–Kier alpha value is -2.13. The van der Waals surface area contributed by atoms with Gasteiger partial charge < -0.3 is 10.1 Å². The molecular weight excluding hydrogens is 370 g/mol. The van der Waals surface area contributed by atoms with Gasteiger partial charge in [-0.3, -0.25) is 14.5 Å². The molecule has 2 amide bonds. The van der Waals surface area contributed by atoms with Gasteiger partial charge in [0.15, 0.2) is 6.61 Å². The summed E-state index contributed by atoms with van der Waals surface area (Å²) in [6.45, 7) is 4.66. The van der Waals surface area contributed by atoms with Crippen LogP contribution in [-0.4, -0.2) is 57.8 Å². The summed E-state index contributed by atoms with van der Waals surface area (Å²) in [5, 5.41) is 2.47. The van der Waals surface area contributed by atoms with Gasteiger partial charge in [0.2, 0.25) is 15.9 Å². The van der Waals surface area contributed by atoms with Gasteiger partial charge in [0.1, 0.15) is 12.3 Å². The van der Waals surface area contributed by atoms with E-state index in [0.29, 0.717) is 24.5 Å². The van der Waals surface area contributed by atoms with E-state index < -0.39 is 10.0 Å². The molecule has 2 atom stereocenters. The first kappa shape index (κ1) is 19.6. The molecule has 2 aliphatic heterocycles. The van der Waals surface area contributed by atoms with Gasteiger partial charge in [-0.05, 0) is 36.5 Å². The Bertz CT molecular complexity index is 845. The molecule has 0 radical (unpaired) electrons. The Labute approximate surface area is 159 Å². The Morgan fingerprint density at radius 1 is 1.26 bits per heavy atom. The number of ether oxygens (including phenoxy) is 1. The van der Waals surface area contributed by atoms with Crippen molar-refractivity contribution in [3.05, 3.63) is 18.2 Å². The van der Waals surface area contributed by atoms with Crippen LogP contribution in [0.5, 0.6) is 5.75 Å². The maximum absolute atomic E-state index is 13.1. The SMILES string of the molecule is CNC(=O)CN1C(=O)COc2ccc(S(=O)(=O)N3C[C@H](C)C[C@@H](C)C3)cc21. The number of amides is 2. The number of nitrogens with one attached hydrogen (secondary N) is 1. The monoisotopic (exact) mass is 395 g/mol. The van der Waals surface area contributed by atoms with Crippen molar-refractivity contribution in [2.24, 2.45) is 11.8 Å². The number of piperidine rings is 1. The van der Waals surface area contributed by atoms with E-state index in [2.05, 4.69) is 5.32 Å². The Kier molecular flexibility index (Phi) is 5.43. The van der Waals surface area contributed by atoms with Crippen molar-refractivity contribution in [1.29, 1.82) is 0 Å². The van der Waals surface area contributed by atoms with Crippen LogP contribution in [0.2, 0.25) is 0 Å². The lowest BCUT2D eigenvalue weighted by molar-refractivity contribution is -0.125. The fraction of sp³-hybridized carbons (Fsp3) is 0.556. The van der Waals surface area contributed by atoms with E-state index in [0.717, 1.165) is 6.42 Å². The first-order chi connectivity index (χ1) is 12.7. The molecule has 148 valence electrons. The number of hydrogen-bond acceptors (Lipinski definition) is 5. The molecule has 2 aliphatic rings. The van der Waals surface area contributed by atoms with Crippen molar-refractivity contribution < 1.29 is 22.7 Å². The Morgan fingerprint density at radius 2 is 1.93 bits per heavy atom. The van der Waals surface area contributed by atoms with E-state index in [1.54, 1.807) is 6.07 Å². The summed E-state index contributed by atoms with van der Waals surface area (Å²) in [4.78, 5) is 25.3. The minimum absolute atomic E-state index is 0.0998. The molecule has 1 aromatic rings. The highest BCUT2D eigenvalue weighted by Crippen LogP contribution is 2.36.